The number of hydrogen-bond donors (Lipinski definition) is 2. The van der Waals surface area contributed by atoms with Crippen LogP contribution in [-0.2, 0) is 4.74 Å². The highest BCUT2D eigenvalue weighted by molar-refractivity contribution is 6.33. The molecule has 0 spiro atoms. The van der Waals surface area contributed by atoms with E-state index >= 15 is 0 Å². The maximum Gasteiger partial charge on any atom is 0.407 e. The maximum absolute atomic E-state index is 11.6. The Kier molecular flexibility index (Phi) is 4.43. The largest absolute Gasteiger partial charge is 0.444 e. The van der Waals surface area contributed by atoms with Gasteiger partial charge in [0.2, 0.25) is 0 Å². The second-order valence-corrected chi connectivity index (χ2v) is 6.54. The van der Waals surface area contributed by atoms with Gasteiger partial charge in [0.15, 0.2) is 0 Å². The number of para-hydroxylation sites is 1. The predicted octanol–water partition coefficient (Wildman–Crippen LogP) is 3.81. The van der Waals surface area contributed by atoms with E-state index in [1.165, 1.54) is 0 Å². The first-order chi connectivity index (χ1) is 9.33. The molecule has 1 saturated carbocycles. The van der Waals surface area contributed by atoms with Crippen LogP contribution in [0.15, 0.2) is 24.3 Å². The summed E-state index contributed by atoms with van der Waals surface area (Å²) >= 11 is 6.09. The number of anilines is 1. The first kappa shape index (κ1) is 15.0. The number of alkyl carbamates (subject to hydrolysis) is 1. The smallest absolute Gasteiger partial charge is 0.407 e. The highest BCUT2D eigenvalue weighted by Crippen LogP contribution is 2.28. The van der Waals surface area contributed by atoms with Crippen LogP contribution in [0.4, 0.5) is 10.5 Å². The zero-order chi connectivity index (χ0) is 14.8. The van der Waals surface area contributed by atoms with Gasteiger partial charge < -0.3 is 15.4 Å². The molecule has 0 aromatic heterocycles. The molecule has 1 aromatic carbocycles. The Bertz CT molecular complexity index is 479. The van der Waals surface area contributed by atoms with Crippen molar-refractivity contribution in [3.63, 3.8) is 0 Å². The third kappa shape index (κ3) is 4.30. The van der Waals surface area contributed by atoms with Crippen LogP contribution in [0.2, 0.25) is 5.02 Å². The van der Waals surface area contributed by atoms with Gasteiger partial charge in [0, 0.05) is 12.1 Å². The molecule has 2 rings (SSSR count). The van der Waals surface area contributed by atoms with Crippen LogP contribution in [0.25, 0.3) is 0 Å². The van der Waals surface area contributed by atoms with Gasteiger partial charge in [-0.15, -0.1) is 0 Å². The molecule has 0 saturated heterocycles. The molecule has 1 aliphatic rings. The van der Waals surface area contributed by atoms with Crippen molar-refractivity contribution in [1.82, 2.24) is 5.32 Å². The molecule has 1 amide bonds. The first-order valence-electron chi connectivity index (χ1n) is 6.84. The third-order valence-corrected chi connectivity index (χ3v) is 3.42. The number of rotatable bonds is 3. The van der Waals surface area contributed by atoms with Gasteiger partial charge in [-0.2, -0.15) is 0 Å². The average Bonchev–Trinajstić information content (AvgIpc) is 2.26. The van der Waals surface area contributed by atoms with Crippen LogP contribution in [0, 0.1) is 0 Å². The normalized spacial score (nSPS) is 21.8. The van der Waals surface area contributed by atoms with Crippen molar-refractivity contribution in [3.8, 4) is 0 Å². The Morgan fingerprint density at radius 2 is 1.90 bits per heavy atom. The van der Waals surface area contributed by atoms with E-state index in [2.05, 4.69) is 10.6 Å². The summed E-state index contributed by atoms with van der Waals surface area (Å²) in [6, 6.07) is 8.18. The van der Waals surface area contributed by atoms with Gasteiger partial charge in [0.25, 0.3) is 0 Å². The molecular weight excluding hydrogens is 276 g/mol. The van der Waals surface area contributed by atoms with Gasteiger partial charge >= 0.3 is 6.09 Å². The summed E-state index contributed by atoms with van der Waals surface area (Å²) in [6.07, 6.45) is 1.41. The van der Waals surface area contributed by atoms with Crippen molar-refractivity contribution < 1.29 is 9.53 Å². The highest BCUT2D eigenvalue weighted by atomic mass is 35.5. The lowest BCUT2D eigenvalue weighted by Gasteiger charge is -2.37. The zero-order valence-corrected chi connectivity index (χ0v) is 12.8. The molecule has 20 heavy (non-hydrogen) atoms. The lowest BCUT2D eigenvalue weighted by molar-refractivity contribution is 0.0475. The number of halogens is 1. The lowest BCUT2D eigenvalue weighted by Crippen LogP contribution is -2.50. The summed E-state index contributed by atoms with van der Waals surface area (Å²) in [4.78, 5) is 11.6. The van der Waals surface area contributed by atoms with E-state index in [1.54, 1.807) is 0 Å². The van der Waals surface area contributed by atoms with Gasteiger partial charge in [-0.05, 0) is 45.7 Å². The molecule has 110 valence electrons. The minimum absolute atomic E-state index is 0.171. The van der Waals surface area contributed by atoms with Crippen molar-refractivity contribution in [2.45, 2.75) is 51.3 Å². The quantitative estimate of drug-likeness (QED) is 0.892. The molecule has 0 radical (unpaired) electrons. The Hall–Kier alpha value is -1.42. The van der Waals surface area contributed by atoms with Crippen molar-refractivity contribution in [2.75, 3.05) is 5.32 Å². The zero-order valence-electron chi connectivity index (χ0n) is 12.1. The second kappa shape index (κ2) is 5.92. The number of carbonyl (C=O) groups is 1. The number of amides is 1. The topological polar surface area (TPSA) is 50.4 Å². The van der Waals surface area contributed by atoms with Crippen LogP contribution in [-0.4, -0.2) is 23.8 Å². The van der Waals surface area contributed by atoms with E-state index in [-0.39, 0.29) is 12.1 Å². The number of carbonyl (C=O) groups excluding carboxylic acids is 1. The molecule has 4 nitrogen and oxygen atoms in total. The highest BCUT2D eigenvalue weighted by Gasteiger charge is 2.31. The summed E-state index contributed by atoms with van der Waals surface area (Å²) < 4.78 is 5.23. The minimum atomic E-state index is -0.455. The summed E-state index contributed by atoms with van der Waals surface area (Å²) in [7, 11) is 0. The van der Waals surface area contributed by atoms with E-state index in [4.69, 9.17) is 16.3 Å². The van der Waals surface area contributed by atoms with Crippen molar-refractivity contribution in [2.24, 2.45) is 0 Å². The van der Waals surface area contributed by atoms with E-state index in [9.17, 15) is 4.79 Å². The Labute approximate surface area is 124 Å². The molecule has 1 fully saturated rings. The standard InChI is InChI=1S/C15H21ClN2O2/c1-15(2,3)20-14(19)18-11-8-10(9-11)17-13-7-5-4-6-12(13)16/h4-7,10-11,17H,8-9H2,1-3H3,(H,18,19). The fourth-order valence-corrected chi connectivity index (χ4v) is 2.32. The summed E-state index contributed by atoms with van der Waals surface area (Å²) in [6.45, 7) is 5.57. The SMILES string of the molecule is CC(C)(C)OC(=O)NC1CC(Nc2ccccc2Cl)C1. The Morgan fingerprint density at radius 3 is 2.50 bits per heavy atom. The van der Waals surface area contributed by atoms with Gasteiger partial charge in [-0.25, -0.2) is 4.79 Å². The molecule has 0 heterocycles. The third-order valence-electron chi connectivity index (χ3n) is 3.09. The predicted molar refractivity (Wildman–Crippen MR) is 81.3 cm³/mol. The van der Waals surface area contributed by atoms with Crippen molar-refractivity contribution in [3.05, 3.63) is 29.3 Å². The van der Waals surface area contributed by atoms with E-state index in [0.717, 1.165) is 23.6 Å². The summed E-state index contributed by atoms with van der Waals surface area (Å²) in [5.74, 6) is 0. The van der Waals surface area contributed by atoms with Crippen LogP contribution < -0.4 is 10.6 Å². The fourth-order valence-electron chi connectivity index (χ4n) is 2.13. The van der Waals surface area contributed by atoms with Gasteiger partial charge in [0.1, 0.15) is 5.60 Å². The summed E-state index contributed by atoms with van der Waals surface area (Å²) in [5.41, 5.74) is 0.484. The van der Waals surface area contributed by atoms with Crippen molar-refractivity contribution >= 4 is 23.4 Å². The van der Waals surface area contributed by atoms with Gasteiger partial charge in [-0.3, -0.25) is 0 Å². The van der Waals surface area contributed by atoms with Crippen LogP contribution in [0.1, 0.15) is 33.6 Å². The Balaban J connectivity index is 1.73. The molecule has 2 N–H and O–H groups in total. The van der Waals surface area contributed by atoms with Crippen LogP contribution in [0.3, 0.4) is 0 Å². The monoisotopic (exact) mass is 296 g/mol. The van der Waals surface area contributed by atoms with Gasteiger partial charge in [0.05, 0.1) is 10.7 Å². The van der Waals surface area contributed by atoms with Crippen molar-refractivity contribution in [1.29, 1.82) is 0 Å². The second-order valence-electron chi connectivity index (χ2n) is 6.14. The number of benzene rings is 1. The lowest BCUT2D eigenvalue weighted by atomic mass is 9.86. The number of ether oxygens (including phenoxy) is 1. The fraction of sp³-hybridized carbons (Fsp3) is 0.533. The number of nitrogens with one attached hydrogen (secondary N) is 2. The molecule has 1 aliphatic carbocycles. The van der Waals surface area contributed by atoms with Crippen LogP contribution in [0.5, 0.6) is 0 Å². The molecule has 1 aromatic rings. The first-order valence-corrected chi connectivity index (χ1v) is 7.22. The van der Waals surface area contributed by atoms with E-state index < -0.39 is 5.60 Å². The molecular formula is C15H21ClN2O2. The van der Waals surface area contributed by atoms with E-state index in [1.807, 2.05) is 45.0 Å². The summed E-state index contributed by atoms with van der Waals surface area (Å²) in [5, 5.41) is 6.96. The number of hydrogen-bond acceptors (Lipinski definition) is 3. The maximum atomic E-state index is 11.6. The van der Waals surface area contributed by atoms with Crippen LogP contribution >= 0.6 is 11.6 Å². The Morgan fingerprint density at radius 1 is 1.25 bits per heavy atom. The van der Waals surface area contributed by atoms with E-state index in [0.29, 0.717) is 6.04 Å². The molecule has 0 unspecified atom stereocenters. The van der Waals surface area contributed by atoms with Gasteiger partial charge in [-0.1, -0.05) is 23.7 Å². The average molecular weight is 297 g/mol. The molecule has 0 atom stereocenters. The molecule has 5 heteroatoms. The minimum Gasteiger partial charge on any atom is -0.444 e. The molecule has 0 bridgehead atoms. The molecule has 0 aliphatic heterocycles.